The molecule has 1 aliphatic heterocycles. The number of nitrogens with zero attached hydrogens (tertiary/aromatic N) is 2. The lowest BCUT2D eigenvalue weighted by Crippen LogP contribution is -2.43. The Balaban J connectivity index is 1.50. The molecule has 1 fully saturated rings. The Kier molecular flexibility index (Phi) is 6.05. The number of hydrogen-bond acceptors (Lipinski definition) is 6. The van der Waals surface area contributed by atoms with Crippen molar-refractivity contribution in [3.05, 3.63) is 58.9 Å². The van der Waals surface area contributed by atoms with Gasteiger partial charge in [0.25, 0.3) is 0 Å². The lowest BCUT2D eigenvalue weighted by Gasteiger charge is -2.26. The molecule has 0 aliphatic carbocycles. The van der Waals surface area contributed by atoms with E-state index >= 15 is 0 Å². The molecule has 10 heteroatoms. The second kappa shape index (κ2) is 8.73. The average Bonchev–Trinajstić information content (AvgIpc) is 3.23. The third-order valence-electron chi connectivity index (χ3n) is 4.60. The zero-order chi connectivity index (χ0) is 21.1. The van der Waals surface area contributed by atoms with Crippen LogP contribution in [-0.4, -0.2) is 50.6 Å². The number of amides is 2. The monoisotopic (exact) mass is 463 g/mol. The summed E-state index contributed by atoms with van der Waals surface area (Å²) in [4.78, 5) is 18.6. The van der Waals surface area contributed by atoms with E-state index in [1.54, 1.807) is 35.2 Å². The van der Waals surface area contributed by atoms with Crippen molar-refractivity contribution >= 4 is 43.9 Å². The van der Waals surface area contributed by atoms with Crippen molar-refractivity contribution in [1.82, 2.24) is 9.88 Å². The molecule has 0 spiro atoms. The topological polar surface area (TPSA) is 88.6 Å². The number of urea groups is 1. The minimum atomic E-state index is -3.71. The Bertz CT molecular complexity index is 1160. The molecule has 7 nitrogen and oxygen atoms in total. The van der Waals surface area contributed by atoms with Gasteiger partial charge in [-0.1, -0.05) is 35.9 Å². The van der Waals surface area contributed by atoms with Crippen molar-refractivity contribution in [3.63, 3.8) is 0 Å². The fourth-order valence-electron chi connectivity index (χ4n) is 3.00. The molecule has 0 saturated carbocycles. The molecule has 2 amide bonds. The van der Waals surface area contributed by atoms with Gasteiger partial charge in [0, 0.05) is 24.0 Å². The van der Waals surface area contributed by atoms with Crippen LogP contribution >= 0.6 is 22.9 Å². The van der Waals surface area contributed by atoms with E-state index in [1.165, 1.54) is 29.5 Å². The van der Waals surface area contributed by atoms with Crippen LogP contribution in [0.1, 0.15) is 0 Å². The van der Waals surface area contributed by atoms with Crippen LogP contribution in [0.25, 0.3) is 11.3 Å². The quantitative estimate of drug-likeness (QED) is 0.627. The van der Waals surface area contributed by atoms with E-state index in [4.69, 9.17) is 16.3 Å². The Morgan fingerprint density at radius 3 is 2.50 bits per heavy atom. The normalized spacial score (nSPS) is 14.5. The summed E-state index contributed by atoms with van der Waals surface area (Å²) in [6.07, 6.45) is 0. The molecule has 4 rings (SSSR count). The molecule has 1 aliphatic rings. The standard InChI is InChI=1S/C20H18ClN3O4S2/c21-16-3-1-2-4-18(16)30(26,27)15-7-5-14(6-8-15)17-13-29-19(22-17)23-20(25)24-9-11-28-12-10-24/h1-8,13H,9-12H2,(H,22,23,25). The second-order valence-electron chi connectivity index (χ2n) is 6.53. The van der Waals surface area contributed by atoms with Gasteiger partial charge in [0.15, 0.2) is 5.13 Å². The molecule has 30 heavy (non-hydrogen) atoms. The zero-order valence-corrected chi connectivity index (χ0v) is 18.1. The van der Waals surface area contributed by atoms with Gasteiger partial charge >= 0.3 is 6.03 Å². The predicted octanol–water partition coefficient (Wildman–Crippen LogP) is 4.16. The highest BCUT2D eigenvalue weighted by atomic mass is 35.5. The van der Waals surface area contributed by atoms with Gasteiger partial charge in [-0.15, -0.1) is 11.3 Å². The molecular formula is C20H18ClN3O4S2. The number of benzene rings is 2. The molecule has 2 aromatic carbocycles. The number of carbonyl (C=O) groups is 1. The van der Waals surface area contributed by atoms with Gasteiger partial charge in [-0.3, -0.25) is 5.32 Å². The molecule has 2 heterocycles. The summed E-state index contributed by atoms with van der Waals surface area (Å²) >= 11 is 7.36. The van der Waals surface area contributed by atoms with Gasteiger partial charge in [0.2, 0.25) is 9.84 Å². The van der Waals surface area contributed by atoms with E-state index in [2.05, 4.69) is 10.3 Å². The highest BCUT2D eigenvalue weighted by Gasteiger charge is 2.21. The molecular weight excluding hydrogens is 446 g/mol. The van der Waals surface area contributed by atoms with E-state index in [1.807, 2.05) is 5.38 Å². The fourth-order valence-corrected chi connectivity index (χ4v) is 5.48. The number of carbonyl (C=O) groups excluding carboxylic acids is 1. The smallest absolute Gasteiger partial charge is 0.323 e. The number of hydrogen-bond donors (Lipinski definition) is 1. The van der Waals surface area contributed by atoms with E-state index < -0.39 is 9.84 Å². The first-order valence-electron chi connectivity index (χ1n) is 9.14. The first kappa shape index (κ1) is 20.8. The van der Waals surface area contributed by atoms with Gasteiger partial charge in [0.1, 0.15) is 0 Å². The zero-order valence-electron chi connectivity index (χ0n) is 15.7. The van der Waals surface area contributed by atoms with Crippen LogP contribution < -0.4 is 5.32 Å². The van der Waals surface area contributed by atoms with Gasteiger partial charge in [-0.2, -0.15) is 0 Å². The Hall–Kier alpha value is -2.46. The molecule has 3 aromatic rings. The highest BCUT2D eigenvalue weighted by molar-refractivity contribution is 7.91. The van der Waals surface area contributed by atoms with E-state index in [0.29, 0.717) is 37.1 Å². The molecule has 1 saturated heterocycles. The molecule has 1 N–H and O–H groups in total. The lowest BCUT2D eigenvalue weighted by atomic mass is 10.2. The van der Waals surface area contributed by atoms with Gasteiger partial charge in [-0.25, -0.2) is 18.2 Å². The Morgan fingerprint density at radius 1 is 1.10 bits per heavy atom. The van der Waals surface area contributed by atoms with Gasteiger partial charge in [-0.05, 0) is 24.3 Å². The SMILES string of the molecule is O=C(Nc1nc(-c2ccc(S(=O)(=O)c3ccccc3Cl)cc2)cs1)N1CCOCC1. The summed E-state index contributed by atoms with van der Waals surface area (Å²) in [6.45, 7) is 2.15. The number of sulfone groups is 1. The first-order chi connectivity index (χ1) is 14.4. The largest absolute Gasteiger partial charge is 0.378 e. The summed E-state index contributed by atoms with van der Waals surface area (Å²) < 4.78 is 30.9. The maximum absolute atomic E-state index is 12.8. The van der Waals surface area contributed by atoms with Crippen LogP contribution in [-0.2, 0) is 14.6 Å². The summed E-state index contributed by atoms with van der Waals surface area (Å²) in [6, 6.07) is 12.6. The number of rotatable bonds is 4. The number of ether oxygens (including phenoxy) is 1. The molecule has 0 bridgehead atoms. The average molecular weight is 464 g/mol. The van der Waals surface area contributed by atoms with Crippen LogP contribution in [0.3, 0.4) is 0 Å². The molecule has 0 radical (unpaired) electrons. The number of morpholine rings is 1. The van der Waals surface area contributed by atoms with Crippen molar-refractivity contribution < 1.29 is 17.9 Å². The number of aromatic nitrogens is 1. The first-order valence-corrected chi connectivity index (χ1v) is 11.9. The lowest BCUT2D eigenvalue weighted by molar-refractivity contribution is 0.0564. The highest BCUT2D eigenvalue weighted by Crippen LogP contribution is 2.30. The third kappa shape index (κ3) is 4.34. The van der Waals surface area contributed by atoms with Crippen molar-refractivity contribution in [3.8, 4) is 11.3 Å². The van der Waals surface area contributed by atoms with Gasteiger partial charge in [0.05, 0.1) is 33.7 Å². The van der Waals surface area contributed by atoms with Crippen LogP contribution in [0.15, 0.2) is 63.7 Å². The minimum absolute atomic E-state index is 0.0705. The van der Waals surface area contributed by atoms with Crippen molar-refractivity contribution in [2.75, 3.05) is 31.6 Å². The van der Waals surface area contributed by atoms with E-state index in [0.717, 1.165) is 5.56 Å². The molecule has 0 unspecified atom stereocenters. The van der Waals surface area contributed by atoms with E-state index in [-0.39, 0.29) is 20.8 Å². The molecule has 156 valence electrons. The fraction of sp³-hybridized carbons (Fsp3) is 0.200. The number of halogens is 1. The maximum atomic E-state index is 12.8. The molecule has 1 aromatic heterocycles. The number of thiazole rings is 1. The summed E-state index contributed by atoms with van der Waals surface area (Å²) in [5, 5.41) is 5.27. The second-order valence-corrected chi connectivity index (χ2v) is 9.71. The third-order valence-corrected chi connectivity index (χ3v) is 7.63. The van der Waals surface area contributed by atoms with Crippen molar-refractivity contribution in [1.29, 1.82) is 0 Å². The van der Waals surface area contributed by atoms with E-state index in [9.17, 15) is 13.2 Å². The van der Waals surface area contributed by atoms with Gasteiger partial charge < -0.3 is 9.64 Å². The predicted molar refractivity (Wildman–Crippen MR) is 116 cm³/mol. The maximum Gasteiger partial charge on any atom is 0.323 e. The number of anilines is 1. The van der Waals surface area contributed by atoms with Crippen LogP contribution in [0.5, 0.6) is 0 Å². The summed E-state index contributed by atoms with van der Waals surface area (Å²) in [5.41, 5.74) is 1.40. The summed E-state index contributed by atoms with van der Waals surface area (Å²) in [7, 11) is -3.71. The van der Waals surface area contributed by atoms with Crippen molar-refractivity contribution in [2.24, 2.45) is 0 Å². The molecule has 0 atom stereocenters. The van der Waals surface area contributed by atoms with Crippen LogP contribution in [0.2, 0.25) is 5.02 Å². The van der Waals surface area contributed by atoms with Crippen LogP contribution in [0.4, 0.5) is 9.93 Å². The summed E-state index contributed by atoms with van der Waals surface area (Å²) in [5.74, 6) is 0. The Labute approximate surface area is 183 Å². The number of nitrogens with one attached hydrogen (secondary N) is 1. The van der Waals surface area contributed by atoms with Crippen LogP contribution in [0, 0.1) is 0 Å². The Morgan fingerprint density at radius 2 is 1.80 bits per heavy atom. The van der Waals surface area contributed by atoms with Crippen molar-refractivity contribution in [2.45, 2.75) is 9.79 Å². The minimum Gasteiger partial charge on any atom is -0.378 e.